The van der Waals surface area contributed by atoms with Gasteiger partial charge in [-0.2, -0.15) is 0 Å². The maximum Gasteiger partial charge on any atom is 0.306 e. The highest BCUT2D eigenvalue weighted by Crippen LogP contribution is 2.14. The number of carbonyl (C=O) groups excluding carboxylic acids is 2. The van der Waals surface area contributed by atoms with Gasteiger partial charge in [-0.25, -0.2) is 13.4 Å². The highest BCUT2D eigenvalue weighted by atomic mass is 32.2. The van der Waals surface area contributed by atoms with Gasteiger partial charge in [0, 0.05) is 24.2 Å². The van der Waals surface area contributed by atoms with E-state index in [-0.39, 0.29) is 12.0 Å². The van der Waals surface area contributed by atoms with Crippen molar-refractivity contribution in [2.45, 2.75) is 39.3 Å². The average Bonchev–Trinajstić information content (AvgIpc) is 2.74. The van der Waals surface area contributed by atoms with E-state index in [0.29, 0.717) is 35.1 Å². The van der Waals surface area contributed by atoms with Crippen molar-refractivity contribution in [1.29, 1.82) is 0 Å². The van der Waals surface area contributed by atoms with E-state index in [1.807, 2.05) is 13.0 Å². The fraction of sp³-hybridized carbons (Fsp3) is 0.304. The summed E-state index contributed by atoms with van der Waals surface area (Å²) in [4.78, 5) is 41.6. The van der Waals surface area contributed by atoms with Crippen molar-refractivity contribution in [3.05, 3.63) is 70.3 Å². The van der Waals surface area contributed by atoms with E-state index in [0.717, 1.165) is 11.8 Å². The van der Waals surface area contributed by atoms with Crippen LogP contribution in [0.3, 0.4) is 0 Å². The summed E-state index contributed by atoms with van der Waals surface area (Å²) in [7, 11) is -3.42. The van der Waals surface area contributed by atoms with Crippen molar-refractivity contribution >= 4 is 38.4 Å². The number of benzene rings is 2. The Balaban J connectivity index is 1.53. The second-order valence-corrected chi connectivity index (χ2v) is 9.51. The van der Waals surface area contributed by atoms with Crippen LogP contribution in [0.15, 0.2) is 53.6 Å². The van der Waals surface area contributed by atoms with Gasteiger partial charge in [0.2, 0.25) is 15.8 Å². The molecular weight excluding hydrogens is 446 g/mol. The van der Waals surface area contributed by atoms with Crippen molar-refractivity contribution in [3.8, 4) is 0 Å². The molecule has 0 amide bonds. The van der Waals surface area contributed by atoms with Crippen LogP contribution in [-0.4, -0.2) is 42.1 Å². The fourth-order valence-electron chi connectivity index (χ4n) is 3.35. The maximum atomic E-state index is 12.6. The Hall–Kier alpha value is -3.53. The largest absolute Gasteiger partial charge is 0.454 e. The molecule has 0 fully saturated rings. The first-order chi connectivity index (χ1) is 15.5. The highest BCUT2D eigenvalue weighted by Gasteiger charge is 2.19. The number of anilines is 1. The lowest BCUT2D eigenvalue weighted by Crippen LogP contribution is -2.25. The van der Waals surface area contributed by atoms with Crippen molar-refractivity contribution in [3.63, 3.8) is 0 Å². The van der Waals surface area contributed by atoms with E-state index in [1.165, 1.54) is 42.1 Å². The van der Waals surface area contributed by atoms with Crippen molar-refractivity contribution in [2.24, 2.45) is 0 Å². The minimum atomic E-state index is -3.42. The van der Waals surface area contributed by atoms with Crippen LogP contribution in [0.1, 0.15) is 35.7 Å². The molecule has 9 nitrogen and oxygen atoms in total. The summed E-state index contributed by atoms with van der Waals surface area (Å²) >= 11 is 0. The molecule has 0 aliphatic rings. The lowest BCUT2D eigenvalue weighted by Gasteiger charge is -2.13. The number of sulfonamides is 1. The third-order valence-corrected chi connectivity index (χ3v) is 5.59. The van der Waals surface area contributed by atoms with Crippen LogP contribution >= 0.6 is 0 Å². The molecule has 0 aliphatic heterocycles. The van der Waals surface area contributed by atoms with Gasteiger partial charge in [-0.05, 0) is 56.2 Å². The Kier molecular flexibility index (Phi) is 7.27. The molecule has 0 spiro atoms. The number of nitrogens with zero attached hydrogens (tertiary/aromatic N) is 2. The smallest absolute Gasteiger partial charge is 0.306 e. The molecule has 0 saturated heterocycles. The third-order valence-electron chi connectivity index (χ3n) is 4.99. The molecule has 0 saturated carbocycles. The van der Waals surface area contributed by atoms with E-state index < -0.39 is 27.9 Å². The molecule has 1 N–H and O–H groups in total. The molecule has 0 unspecified atom stereocenters. The Labute approximate surface area is 191 Å². The minimum absolute atomic E-state index is 0.0349. The van der Waals surface area contributed by atoms with E-state index in [9.17, 15) is 22.8 Å². The van der Waals surface area contributed by atoms with Crippen LogP contribution in [0.4, 0.5) is 5.69 Å². The normalized spacial score (nSPS) is 12.3. The SMILES string of the molecule is Cc1cccc2c(=O)n(CCCC(=O)O[C@@H](C)C(=O)c3ccc(NS(C)(=O)=O)cc3)cnc12. The summed E-state index contributed by atoms with van der Waals surface area (Å²) < 4.78 is 31.5. The van der Waals surface area contributed by atoms with Gasteiger partial charge in [-0.1, -0.05) is 12.1 Å². The topological polar surface area (TPSA) is 124 Å². The molecule has 0 aliphatic carbocycles. The molecule has 3 aromatic rings. The average molecular weight is 472 g/mol. The molecule has 1 atom stereocenters. The number of nitrogens with one attached hydrogen (secondary N) is 1. The maximum absolute atomic E-state index is 12.6. The summed E-state index contributed by atoms with van der Waals surface area (Å²) in [5.74, 6) is -0.955. The summed E-state index contributed by atoms with van der Waals surface area (Å²) in [6.45, 7) is 3.66. The molecule has 10 heteroatoms. The van der Waals surface area contributed by atoms with Crippen LogP contribution in [-0.2, 0) is 26.1 Å². The Morgan fingerprint density at radius 2 is 1.85 bits per heavy atom. The predicted octanol–water partition coefficient (Wildman–Crippen LogP) is 2.67. The first-order valence-electron chi connectivity index (χ1n) is 10.3. The number of ketones is 1. The van der Waals surface area contributed by atoms with Crippen molar-refractivity contribution < 1.29 is 22.7 Å². The molecule has 1 aromatic heterocycles. The van der Waals surface area contributed by atoms with Crippen LogP contribution in [0.25, 0.3) is 10.9 Å². The molecule has 33 heavy (non-hydrogen) atoms. The van der Waals surface area contributed by atoms with Crippen molar-refractivity contribution in [2.75, 3.05) is 11.0 Å². The van der Waals surface area contributed by atoms with Gasteiger partial charge in [0.15, 0.2) is 6.10 Å². The Morgan fingerprint density at radius 3 is 2.52 bits per heavy atom. The number of ether oxygens (including phenoxy) is 1. The zero-order valence-corrected chi connectivity index (χ0v) is 19.4. The quantitative estimate of drug-likeness (QED) is 0.376. The van der Waals surface area contributed by atoms with Gasteiger partial charge in [0.25, 0.3) is 5.56 Å². The van der Waals surface area contributed by atoms with Gasteiger partial charge >= 0.3 is 5.97 Å². The van der Waals surface area contributed by atoms with Gasteiger partial charge in [0.1, 0.15) is 0 Å². The van der Waals surface area contributed by atoms with E-state index >= 15 is 0 Å². The minimum Gasteiger partial charge on any atom is -0.454 e. The fourth-order valence-corrected chi connectivity index (χ4v) is 3.92. The molecular formula is C23H25N3O6S. The van der Waals surface area contributed by atoms with E-state index in [2.05, 4.69) is 9.71 Å². The van der Waals surface area contributed by atoms with Gasteiger partial charge in [-0.15, -0.1) is 0 Å². The van der Waals surface area contributed by atoms with Gasteiger partial charge in [-0.3, -0.25) is 23.7 Å². The number of esters is 1. The molecule has 0 bridgehead atoms. The second kappa shape index (κ2) is 9.95. The number of carbonyl (C=O) groups is 2. The van der Waals surface area contributed by atoms with Crippen LogP contribution in [0.2, 0.25) is 0 Å². The number of hydrogen-bond acceptors (Lipinski definition) is 7. The number of para-hydroxylation sites is 1. The number of rotatable bonds is 9. The second-order valence-electron chi connectivity index (χ2n) is 7.77. The summed E-state index contributed by atoms with van der Waals surface area (Å²) in [6, 6.07) is 11.2. The first kappa shape index (κ1) is 24.1. The monoisotopic (exact) mass is 471 g/mol. The predicted molar refractivity (Wildman–Crippen MR) is 125 cm³/mol. The zero-order valence-electron chi connectivity index (χ0n) is 18.6. The van der Waals surface area contributed by atoms with Crippen molar-refractivity contribution in [1.82, 2.24) is 9.55 Å². The van der Waals surface area contributed by atoms with Crippen LogP contribution in [0.5, 0.6) is 0 Å². The van der Waals surface area contributed by atoms with E-state index in [1.54, 1.807) is 12.1 Å². The summed E-state index contributed by atoms with van der Waals surface area (Å²) in [5, 5.41) is 0.525. The summed E-state index contributed by atoms with van der Waals surface area (Å²) in [5.41, 5.74) is 2.02. The zero-order chi connectivity index (χ0) is 24.2. The number of Topliss-reactive ketones (excluding diaryl/α,β-unsaturated/α-hetero) is 1. The summed E-state index contributed by atoms with van der Waals surface area (Å²) in [6.07, 6.45) is 1.88. The van der Waals surface area contributed by atoms with Gasteiger partial charge in [0.05, 0.1) is 23.5 Å². The molecule has 3 rings (SSSR count). The number of hydrogen-bond donors (Lipinski definition) is 1. The Bertz CT molecular complexity index is 1350. The standard InChI is InChI=1S/C23H25N3O6S/c1-15-6-4-7-19-21(15)24-14-26(23(19)29)13-5-8-20(27)32-16(2)22(28)17-9-11-18(12-10-17)25-33(3,30)31/h4,6-7,9-12,14,16,25H,5,8,13H2,1-3H3/t16-/m0/s1. The molecule has 0 radical (unpaired) electrons. The Morgan fingerprint density at radius 1 is 1.15 bits per heavy atom. The third kappa shape index (κ3) is 6.26. The van der Waals surface area contributed by atoms with Gasteiger partial charge < -0.3 is 4.74 Å². The van der Waals surface area contributed by atoms with E-state index in [4.69, 9.17) is 4.74 Å². The molecule has 2 aromatic carbocycles. The number of aromatic nitrogens is 2. The number of aryl methyl sites for hydroxylation is 2. The molecule has 174 valence electrons. The molecule has 1 heterocycles. The lowest BCUT2D eigenvalue weighted by atomic mass is 10.1. The van der Waals surface area contributed by atoms with Crippen LogP contribution in [0, 0.1) is 6.92 Å². The van der Waals surface area contributed by atoms with Crippen LogP contribution < -0.4 is 10.3 Å². The first-order valence-corrected chi connectivity index (χ1v) is 12.2. The lowest BCUT2D eigenvalue weighted by molar-refractivity contribution is -0.146. The highest BCUT2D eigenvalue weighted by molar-refractivity contribution is 7.92. The number of fused-ring (bicyclic) bond motifs is 1.